The van der Waals surface area contributed by atoms with Crippen LogP contribution in [-0.4, -0.2) is 40.1 Å². The molecule has 24 heavy (non-hydrogen) atoms. The van der Waals surface area contributed by atoms with E-state index in [1.807, 2.05) is 36.4 Å². The maximum Gasteiger partial charge on any atom is 0.119 e. The molecule has 0 aromatic heterocycles. The summed E-state index contributed by atoms with van der Waals surface area (Å²) < 4.78 is 22.0. The predicted octanol–water partition coefficient (Wildman–Crippen LogP) is 3.27. The van der Waals surface area contributed by atoms with Crippen LogP contribution in [0.5, 0.6) is 11.5 Å². The standard InChI is InChI=1S/C19H23NO4/c1-21-16-7-3-14(4-8-16)19(18-13-23-11-12-24-18)20-15-5-9-17(22-2)10-6-15/h3-10,18-20H,11-13H2,1-2H3. The smallest absolute Gasteiger partial charge is 0.119 e. The van der Waals surface area contributed by atoms with E-state index in [-0.39, 0.29) is 12.1 Å². The quantitative estimate of drug-likeness (QED) is 0.881. The Labute approximate surface area is 142 Å². The van der Waals surface area contributed by atoms with Crippen LogP contribution in [0.3, 0.4) is 0 Å². The molecule has 0 aliphatic carbocycles. The van der Waals surface area contributed by atoms with Crippen molar-refractivity contribution in [2.45, 2.75) is 12.1 Å². The van der Waals surface area contributed by atoms with Crippen LogP contribution in [0.2, 0.25) is 0 Å². The molecule has 2 unspecified atom stereocenters. The van der Waals surface area contributed by atoms with Gasteiger partial charge >= 0.3 is 0 Å². The van der Waals surface area contributed by atoms with Gasteiger partial charge in [0.25, 0.3) is 0 Å². The normalized spacial score (nSPS) is 18.7. The van der Waals surface area contributed by atoms with Gasteiger partial charge in [0.15, 0.2) is 0 Å². The minimum atomic E-state index is -0.0470. The van der Waals surface area contributed by atoms with Crippen LogP contribution in [-0.2, 0) is 9.47 Å². The number of ether oxygens (including phenoxy) is 4. The first-order chi connectivity index (χ1) is 11.8. The van der Waals surface area contributed by atoms with Crippen LogP contribution >= 0.6 is 0 Å². The summed E-state index contributed by atoms with van der Waals surface area (Å²) in [5, 5.41) is 3.55. The van der Waals surface area contributed by atoms with Gasteiger partial charge in [0.2, 0.25) is 0 Å². The second kappa shape index (κ2) is 8.04. The molecule has 3 rings (SSSR count). The fraction of sp³-hybridized carbons (Fsp3) is 0.368. The van der Waals surface area contributed by atoms with Crippen molar-refractivity contribution in [1.82, 2.24) is 0 Å². The van der Waals surface area contributed by atoms with Gasteiger partial charge in [0.1, 0.15) is 17.6 Å². The largest absolute Gasteiger partial charge is 0.497 e. The molecule has 0 bridgehead atoms. The molecule has 1 fully saturated rings. The summed E-state index contributed by atoms with van der Waals surface area (Å²) in [5.74, 6) is 1.67. The Morgan fingerprint density at radius 2 is 1.54 bits per heavy atom. The van der Waals surface area contributed by atoms with Crippen LogP contribution in [0.1, 0.15) is 11.6 Å². The Balaban J connectivity index is 1.82. The molecule has 1 aliphatic heterocycles. The highest BCUT2D eigenvalue weighted by atomic mass is 16.6. The lowest BCUT2D eigenvalue weighted by atomic mass is 10.0. The number of nitrogens with one attached hydrogen (secondary N) is 1. The van der Waals surface area contributed by atoms with E-state index in [1.165, 1.54) is 0 Å². The van der Waals surface area contributed by atoms with E-state index >= 15 is 0 Å². The second-order valence-corrected chi connectivity index (χ2v) is 5.61. The summed E-state index contributed by atoms with van der Waals surface area (Å²) in [6.07, 6.45) is -0.0470. The van der Waals surface area contributed by atoms with Crippen LogP contribution in [0, 0.1) is 0 Å². The van der Waals surface area contributed by atoms with Crippen molar-refractivity contribution in [3.63, 3.8) is 0 Å². The molecule has 0 spiro atoms. The molecule has 128 valence electrons. The zero-order valence-electron chi connectivity index (χ0n) is 14.0. The monoisotopic (exact) mass is 329 g/mol. The second-order valence-electron chi connectivity index (χ2n) is 5.61. The lowest BCUT2D eigenvalue weighted by molar-refractivity contribution is -0.0950. The van der Waals surface area contributed by atoms with E-state index in [2.05, 4.69) is 17.4 Å². The molecule has 0 radical (unpaired) electrons. The van der Waals surface area contributed by atoms with Crippen LogP contribution < -0.4 is 14.8 Å². The van der Waals surface area contributed by atoms with Crippen molar-refractivity contribution in [2.75, 3.05) is 39.4 Å². The van der Waals surface area contributed by atoms with E-state index < -0.39 is 0 Å². The number of hydrogen-bond donors (Lipinski definition) is 1. The molecule has 2 aromatic rings. The summed E-state index contributed by atoms with van der Waals surface area (Å²) in [4.78, 5) is 0. The van der Waals surface area contributed by atoms with Crippen molar-refractivity contribution in [3.8, 4) is 11.5 Å². The van der Waals surface area contributed by atoms with Crippen LogP contribution in [0.25, 0.3) is 0 Å². The fourth-order valence-electron chi connectivity index (χ4n) is 2.77. The summed E-state index contributed by atoms with van der Waals surface area (Å²) in [7, 11) is 3.33. The Hall–Kier alpha value is -2.24. The van der Waals surface area contributed by atoms with Gasteiger partial charge in [0, 0.05) is 5.69 Å². The third-order valence-corrected chi connectivity index (χ3v) is 4.10. The summed E-state index contributed by atoms with van der Waals surface area (Å²) >= 11 is 0. The van der Waals surface area contributed by atoms with Gasteiger partial charge in [0.05, 0.1) is 40.1 Å². The molecule has 5 heteroatoms. The van der Waals surface area contributed by atoms with Gasteiger partial charge in [-0.25, -0.2) is 0 Å². The van der Waals surface area contributed by atoms with Crippen molar-refractivity contribution >= 4 is 5.69 Å². The Kier molecular flexibility index (Phi) is 5.56. The van der Waals surface area contributed by atoms with E-state index in [4.69, 9.17) is 18.9 Å². The van der Waals surface area contributed by atoms with E-state index in [1.54, 1.807) is 14.2 Å². The number of rotatable bonds is 6. The maximum absolute atomic E-state index is 5.92. The number of methoxy groups -OCH3 is 2. The number of benzene rings is 2. The maximum atomic E-state index is 5.92. The van der Waals surface area contributed by atoms with Crippen molar-refractivity contribution in [2.24, 2.45) is 0 Å². The average Bonchev–Trinajstić information content (AvgIpc) is 2.67. The van der Waals surface area contributed by atoms with Gasteiger partial charge in [-0.1, -0.05) is 12.1 Å². The lowest BCUT2D eigenvalue weighted by Gasteiger charge is -2.32. The Morgan fingerprint density at radius 3 is 2.08 bits per heavy atom. The number of anilines is 1. The zero-order valence-corrected chi connectivity index (χ0v) is 14.0. The highest BCUT2D eigenvalue weighted by Gasteiger charge is 2.26. The Morgan fingerprint density at radius 1 is 0.917 bits per heavy atom. The lowest BCUT2D eigenvalue weighted by Crippen LogP contribution is -2.37. The topological polar surface area (TPSA) is 49.0 Å². The average molecular weight is 329 g/mol. The summed E-state index contributed by atoms with van der Waals surface area (Å²) in [6.45, 7) is 1.83. The van der Waals surface area contributed by atoms with Crippen LogP contribution in [0.15, 0.2) is 48.5 Å². The molecular formula is C19H23NO4. The molecule has 1 aliphatic rings. The van der Waals surface area contributed by atoms with Crippen molar-refractivity contribution in [3.05, 3.63) is 54.1 Å². The van der Waals surface area contributed by atoms with Gasteiger partial charge in [-0.3, -0.25) is 0 Å². The highest BCUT2D eigenvalue weighted by molar-refractivity contribution is 5.49. The number of hydrogen-bond acceptors (Lipinski definition) is 5. The first kappa shape index (κ1) is 16.6. The van der Waals surface area contributed by atoms with Gasteiger partial charge in [-0.05, 0) is 42.0 Å². The van der Waals surface area contributed by atoms with Gasteiger partial charge in [-0.15, -0.1) is 0 Å². The molecular weight excluding hydrogens is 306 g/mol. The van der Waals surface area contributed by atoms with Crippen molar-refractivity contribution < 1.29 is 18.9 Å². The molecule has 0 saturated carbocycles. The molecule has 0 amide bonds. The van der Waals surface area contributed by atoms with E-state index in [9.17, 15) is 0 Å². The molecule has 2 aromatic carbocycles. The molecule has 1 N–H and O–H groups in total. The minimum Gasteiger partial charge on any atom is -0.497 e. The van der Waals surface area contributed by atoms with E-state index in [0.29, 0.717) is 19.8 Å². The fourth-order valence-corrected chi connectivity index (χ4v) is 2.77. The van der Waals surface area contributed by atoms with Gasteiger partial charge in [-0.2, -0.15) is 0 Å². The van der Waals surface area contributed by atoms with E-state index in [0.717, 1.165) is 22.7 Å². The third kappa shape index (κ3) is 3.99. The predicted molar refractivity (Wildman–Crippen MR) is 92.9 cm³/mol. The molecule has 2 atom stereocenters. The molecule has 1 heterocycles. The van der Waals surface area contributed by atoms with Crippen molar-refractivity contribution in [1.29, 1.82) is 0 Å². The zero-order chi connectivity index (χ0) is 16.8. The Bertz CT molecular complexity index is 621. The molecule has 1 saturated heterocycles. The summed E-state index contributed by atoms with van der Waals surface area (Å²) in [5.41, 5.74) is 2.13. The van der Waals surface area contributed by atoms with Gasteiger partial charge < -0.3 is 24.3 Å². The first-order valence-electron chi connectivity index (χ1n) is 8.04. The van der Waals surface area contributed by atoms with Crippen LogP contribution in [0.4, 0.5) is 5.69 Å². The summed E-state index contributed by atoms with van der Waals surface area (Å²) in [6, 6.07) is 15.9. The molecule has 5 nitrogen and oxygen atoms in total. The minimum absolute atomic E-state index is 0.00963. The SMILES string of the molecule is COc1ccc(NC(c2ccc(OC)cc2)C2COCCO2)cc1. The first-order valence-corrected chi connectivity index (χ1v) is 8.04. The third-order valence-electron chi connectivity index (χ3n) is 4.10. The highest BCUT2D eigenvalue weighted by Crippen LogP contribution is 2.28.